The fraction of sp³-hybridized carbons (Fsp3) is 0.237. The number of methoxy groups -OCH3 is 1. The molecule has 1 atom stereocenters. The Kier molecular flexibility index (Phi) is 12.9. The smallest absolute Gasteiger partial charge is 0.408 e. The molecule has 0 bridgehead atoms. The van der Waals surface area contributed by atoms with E-state index in [0.29, 0.717) is 29.8 Å². The maximum atomic E-state index is 13.9. The number of alkyl carbamates (subject to hydrolysis) is 1. The van der Waals surface area contributed by atoms with Crippen LogP contribution in [0, 0.1) is 0 Å². The Bertz CT molecular complexity index is 2050. The summed E-state index contributed by atoms with van der Waals surface area (Å²) in [6.07, 6.45) is 3.06. The number of amides is 3. The van der Waals surface area contributed by atoms with Gasteiger partial charge in [-0.3, -0.25) is 9.59 Å². The standard InChI is InChI=1S/C38H41N5O8S/c1-7-9-13-21-52(47,48)43-35(44)28-17-14-18-29(22-28)39-36(45)33(42-37(46)51-38(3,4)5)27-20-19-25(8-2)30(23-27)50-32-24-31(49-6)40-34(41-32)26-15-11-10-12-16-26/h7-8,10-12,14-20,22-24,33H,1-2,9,13,21H2,3-6H3,(H,39,45)(H,42,46)(H,43,44). The zero-order valence-electron chi connectivity index (χ0n) is 29.3. The second-order valence-electron chi connectivity index (χ2n) is 12.4. The van der Waals surface area contributed by atoms with Crippen molar-refractivity contribution in [2.24, 2.45) is 0 Å². The lowest BCUT2D eigenvalue weighted by Gasteiger charge is -2.24. The summed E-state index contributed by atoms with van der Waals surface area (Å²) >= 11 is 0. The Morgan fingerprint density at radius 1 is 0.923 bits per heavy atom. The van der Waals surface area contributed by atoms with Crippen LogP contribution in [0.1, 0.15) is 61.1 Å². The molecular formula is C38H41N5O8S. The predicted molar refractivity (Wildman–Crippen MR) is 198 cm³/mol. The van der Waals surface area contributed by atoms with Gasteiger partial charge >= 0.3 is 6.09 Å². The number of nitrogens with zero attached hydrogens (tertiary/aromatic N) is 2. The van der Waals surface area contributed by atoms with E-state index in [0.717, 1.165) is 5.56 Å². The van der Waals surface area contributed by atoms with Crippen LogP contribution in [0.15, 0.2) is 98.1 Å². The van der Waals surface area contributed by atoms with E-state index in [-0.39, 0.29) is 34.5 Å². The van der Waals surface area contributed by atoms with E-state index in [2.05, 4.69) is 33.8 Å². The molecule has 1 heterocycles. The monoisotopic (exact) mass is 727 g/mol. The van der Waals surface area contributed by atoms with Crippen molar-refractivity contribution < 1.29 is 37.0 Å². The molecule has 0 aliphatic carbocycles. The maximum absolute atomic E-state index is 13.9. The van der Waals surface area contributed by atoms with E-state index < -0.39 is 39.6 Å². The van der Waals surface area contributed by atoms with E-state index in [1.807, 2.05) is 35.1 Å². The van der Waals surface area contributed by atoms with Crippen LogP contribution in [-0.4, -0.2) is 54.8 Å². The molecule has 3 N–H and O–H groups in total. The summed E-state index contributed by atoms with van der Waals surface area (Å²) in [6.45, 7) is 12.5. The van der Waals surface area contributed by atoms with E-state index in [1.54, 1.807) is 51.1 Å². The number of sulfonamides is 1. The normalized spacial score (nSPS) is 11.8. The third-order valence-electron chi connectivity index (χ3n) is 7.11. The molecule has 52 heavy (non-hydrogen) atoms. The lowest BCUT2D eigenvalue weighted by Crippen LogP contribution is -2.40. The van der Waals surface area contributed by atoms with Crippen molar-refractivity contribution in [2.45, 2.75) is 45.3 Å². The number of nitrogens with one attached hydrogen (secondary N) is 3. The summed E-state index contributed by atoms with van der Waals surface area (Å²) in [5, 5.41) is 5.31. The molecule has 3 amide bonds. The van der Waals surface area contributed by atoms with Crippen molar-refractivity contribution in [3.63, 3.8) is 0 Å². The molecule has 0 saturated heterocycles. The Labute approximate surface area is 303 Å². The van der Waals surface area contributed by atoms with Gasteiger partial charge < -0.3 is 24.8 Å². The zero-order valence-corrected chi connectivity index (χ0v) is 30.2. The van der Waals surface area contributed by atoms with Crippen LogP contribution in [0.4, 0.5) is 10.5 Å². The number of unbranched alkanes of at least 4 members (excludes halogenated alkanes) is 1. The Balaban J connectivity index is 1.65. The van der Waals surface area contributed by atoms with Crippen LogP contribution in [0.2, 0.25) is 0 Å². The number of allylic oxidation sites excluding steroid dienone is 1. The molecule has 4 rings (SSSR count). The van der Waals surface area contributed by atoms with Gasteiger partial charge in [0.15, 0.2) is 5.82 Å². The molecule has 0 fully saturated rings. The third-order valence-corrected chi connectivity index (χ3v) is 8.43. The predicted octanol–water partition coefficient (Wildman–Crippen LogP) is 6.82. The largest absolute Gasteiger partial charge is 0.481 e. The van der Waals surface area contributed by atoms with E-state index in [1.165, 1.54) is 37.4 Å². The molecule has 1 aromatic heterocycles. The van der Waals surface area contributed by atoms with Gasteiger partial charge in [-0.1, -0.05) is 67.3 Å². The molecule has 14 heteroatoms. The highest BCUT2D eigenvalue weighted by atomic mass is 32.2. The SMILES string of the molecule is C=CCCCS(=O)(=O)NC(=O)c1cccc(NC(=O)C(NC(=O)OC(C)(C)C)c2ccc(C=C)c(Oc3cc(OC)nc(-c4ccccc4)n3)c2)c1. The minimum absolute atomic E-state index is 0.0112. The summed E-state index contributed by atoms with van der Waals surface area (Å²) in [5.41, 5.74) is 0.864. The number of hydrogen-bond acceptors (Lipinski definition) is 10. The summed E-state index contributed by atoms with van der Waals surface area (Å²) in [6, 6.07) is 20.0. The summed E-state index contributed by atoms with van der Waals surface area (Å²) in [5.74, 6) is -0.811. The van der Waals surface area contributed by atoms with Crippen molar-refractivity contribution in [3.05, 3.63) is 115 Å². The van der Waals surface area contributed by atoms with Crippen molar-refractivity contribution in [2.75, 3.05) is 18.2 Å². The molecule has 0 aliphatic heterocycles. The van der Waals surface area contributed by atoms with Gasteiger partial charge in [-0.15, -0.1) is 6.58 Å². The topological polar surface area (TPSA) is 175 Å². The first-order valence-electron chi connectivity index (χ1n) is 16.2. The lowest BCUT2D eigenvalue weighted by atomic mass is 10.0. The molecule has 0 saturated carbocycles. The first kappa shape index (κ1) is 38.8. The van der Waals surface area contributed by atoms with Crippen LogP contribution in [0.5, 0.6) is 17.5 Å². The van der Waals surface area contributed by atoms with E-state index in [9.17, 15) is 22.8 Å². The number of anilines is 1. The van der Waals surface area contributed by atoms with Crippen molar-refractivity contribution >= 4 is 39.7 Å². The minimum Gasteiger partial charge on any atom is -0.481 e. The van der Waals surface area contributed by atoms with Crippen LogP contribution < -0.4 is 24.8 Å². The fourth-order valence-corrected chi connectivity index (χ4v) is 5.77. The molecule has 272 valence electrons. The summed E-state index contributed by atoms with van der Waals surface area (Å²) in [4.78, 5) is 48.7. The lowest BCUT2D eigenvalue weighted by molar-refractivity contribution is -0.118. The average molecular weight is 728 g/mol. The Morgan fingerprint density at radius 3 is 2.33 bits per heavy atom. The molecule has 0 aliphatic rings. The van der Waals surface area contributed by atoms with Gasteiger partial charge in [-0.2, -0.15) is 9.97 Å². The third kappa shape index (κ3) is 11.3. The molecule has 0 spiro atoms. The van der Waals surface area contributed by atoms with Crippen molar-refractivity contribution in [1.82, 2.24) is 20.0 Å². The molecule has 13 nitrogen and oxygen atoms in total. The number of hydrogen-bond donors (Lipinski definition) is 3. The van der Waals surface area contributed by atoms with E-state index >= 15 is 0 Å². The van der Waals surface area contributed by atoms with Crippen LogP contribution in [0.25, 0.3) is 17.5 Å². The van der Waals surface area contributed by atoms with Crippen LogP contribution >= 0.6 is 0 Å². The van der Waals surface area contributed by atoms with Crippen molar-refractivity contribution in [1.29, 1.82) is 0 Å². The van der Waals surface area contributed by atoms with Gasteiger partial charge in [-0.25, -0.2) is 17.9 Å². The quantitative estimate of drug-likeness (QED) is 0.0871. The minimum atomic E-state index is -3.90. The van der Waals surface area contributed by atoms with Gasteiger partial charge in [-0.05, 0) is 63.4 Å². The highest BCUT2D eigenvalue weighted by molar-refractivity contribution is 7.90. The van der Waals surface area contributed by atoms with Gasteiger partial charge in [0.2, 0.25) is 21.8 Å². The second-order valence-corrected chi connectivity index (χ2v) is 14.2. The van der Waals surface area contributed by atoms with Crippen molar-refractivity contribution in [3.8, 4) is 28.9 Å². The second kappa shape index (κ2) is 17.3. The Hall–Kier alpha value is -6.02. The van der Waals surface area contributed by atoms with Crippen LogP contribution in [0.3, 0.4) is 0 Å². The molecule has 1 unspecified atom stereocenters. The highest BCUT2D eigenvalue weighted by Gasteiger charge is 2.28. The van der Waals surface area contributed by atoms with Crippen LogP contribution in [-0.2, 0) is 19.6 Å². The molecule has 0 radical (unpaired) electrons. The average Bonchev–Trinajstić information content (AvgIpc) is 3.10. The number of aromatic nitrogens is 2. The van der Waals surface area contributed by atoms with Gasteiger partial charge in [0, 0.05) is 22.4 Å². The fourth-order valence-electron chi connectivity index (χ4n) is 4.72. The number of rotatable bonds is 15. The number of ether oxygens (including phenoxy) is 3. The molecule has 4 aromatic rings. The summed E-state index contributed by atoms with van der Waals surface area (Å²) < 4.78 is 43.9. The number of carbonyl (C=O) groups is 3. The summed E-state index contributed by atoms with van der Waals surface area (Å²) in [7, 11) is -2.43. The number of carbonyl (C=O) groups excluding carboxylic acids is 3. The zero-order chi connectivity index (χ0) is 37.9. The maximum Gasteiger partial charge on any atom is 0.408 e. The first-order valence-corrected chi connectivity index (χ1v) is 17.8. The Morgan fingerprint density at radius 2 is 1.65 bits per heavy atom. The molecular weight excluding hydrogens is 687 g/mol. The van der Waals surface area contributed by atoms with Gasteiger partial charge in [0.25, 0.3) is 11.8 Å². The van der Waals surface area contributed by atoms with Gasteiger partial charge in [0.05, 0.1) is 18.9 Å². The number of benzene rings is 3. The first-order chi connectivity index (χ1) is 24.7. The van der Waals surface area contributed by atoms with Gasteiger partial charge in [0.1, 0.15) is 17.4 Å². The van der Waals surface area contributed by atoms with E-state index in [4.69, 9.17) is 14.2 Å². The highest BCUT2D eigenvalue weighted by Crippen LogP contribution is 2.32. The molecule has 3 aromatic carbocycles.